The molecular weight excluding hydrogens is 406 g/mol. The number of tetrazole rings is 1. The molecule has 0 aliphatic rings. The minimum atomic E-state index is -0.417. The lowest BCUT2D eigenvalue weighted by Gasteiger charge is -2.03. The van der Waals surface area contributed by atoms with Gasteiger partial charge < -0.3 is 0 Å². The van der Waals surface area contributed by atoms with Crippen LogP contribution in [0.3, 0.4) is 0 Å². The molecule has 0 fully saturated rings. The van der Waals surface area contributed by atoms with Crippen LogP contribution in [0.1, 0.15) is 26.5 Å². The molecule has 30 heavy (non-hydrogen) atoms. The smallest absolute Gasteiger partial charge is 0.269 e. The number of non-ortho nitro benzene ring substituents is 1. The number of aryl methyl sites for hydroxylation is 1. The topological polar surface area (TPSA) is 129 Å². The van der Waals surface area contributed by atoms with E-state index in [9.17, 15) is 14.9 Å². The molecule has 2 heterocycles. The first-order chi connectivity index (χ1) is 14.5. The Kier molecular flexibility index (Phi) is 5.26. The fraction of sp³-hybridized carbons (Fsp3) is 0.105. The quantitative estimate of drug-likeness (QED) is 0.374. The number of amides is 1. The molecule has 0 saturated heterocycles. The van der Waals surface area contributed by atoms with Crippen LogP contribution in [0.4, 0.5) is 10.8 Å². The third-order valence-corrected chi connectivity index (χ3v) is 5.42. The van der Waals surface area contributed by atoms with Gasteiger partial charge in [0.2, 0.25) is 0 Å². The molecular formula is C19H15N7O3S. The number of nitrogens with zero attached hydrogens (tertiary/aromatic N) is 6. The van der Waals surface area contributed by atoms with E-state index in [2.05, 4.69) is 25.8 Å². The number of carbonyl (C=O) groups excluding carboxylic acids is 1. The number of nitrogens with one attached hydrogen (secondary N) is 1. The maximum atomic E-state index is 12.5. The Labute approximate surface area is 174 Å². The number of nitro benzene ring substituents is 1. The summed E-state index contributed by atoms with van der Waals surface area (Å²) in [6, 6.07) is 13.3. The summed E-state index contributed by atoms with van der Waals surface area (Å²) in [5.41, 5.74) is 2.84. The first kappa shape index (κ1) is 19.3. The fourth-order valence-electron chi connectivity index (χ4n) is 2.83. The molecule has 0 radical (unpaired) electrons. The number of hydrogen-bond acceptors (Lipinski definition) is 8. The van der Waals surface area contributed by atoms with Crippen LogP contribution in [-0.2, 0) is 6.42 Å². The SMILES string of the molecule is Cc1nc(NC(=O)c2ccc(-n3cnnn3)cc2)sc1Cc1cccc([N+](=O)[O-])c1. The van der Waals surface area contributed by atoms with Gasteiger partial charge in [0.05, 0.1) is 16.3 Å². The van der Waals surface area contributed by atoms with E-state index in [1.807, 2.05) is 13.0 Å². The highest BCUT2D eigenvalue weighted by atomic mass is 32.1. The lowest BCUT2D eigenvalue weighted by atomic mass is 10.1. The summed E-state index contributed by atoms with van der Waals surface area (Å²) in [4.78, 5) is 28.4. The van der Waals surface area contributed by atoms with Crippen molar-refractivity contribution < 1.29 is 9.72 Å². The molecule has 0 bridgehead atoms. The Balaban J connectivity index is 1.46. The maximum Gasteiger partial charge on any atom is 0.269 e. The summed E-state index contributed by atoms with van der Waals surface area (Å²) in [6.07, 6.45) is 1.97. The van der Waals surface area contributed by atoms with Gasteiger partial charge in [-0.15, -0.1) is 16.4 Å². The number of aromatic nitrogens is 5. The van der Waals surface area contributed by atoms with E-state index in [1.165, 1.54) is 28.4 Å². The molecule has 0 atom stereocenters. The molecule has 150 valence electrons. The highest BCUT2D eigenvalue weighted by Crippen LogP contribution is 2.27. The van der Waals surface area contributed by atoms with Gasteiger partial charge in [-0.05, 0) is 47.2 Å². The minimum absolute atomic E-state index is 0.0494. The molecule has 2 aromatic carbocycles. The van der Waals surface area contributed by atoms with Crippen LogP contribution in [0.5, 0.6) is 0 Å². The Morgan fingerprint density at radius 2 is 2.03 bits per heavy atom. The first-order valence-electron chi connectivity index (χ1n) is 8.84. The zero-order valence-corrected chi connectivity index (χ0v) is 16.5. The van der Waals surface area contributed by atoms with Crippen molar-refractivity contribution in [1.82, 2.24) is 25.2 Å². The Morgan fingerprint density at radius 1 is 1.23 bits per heavy atom. The number of hydrogen-bond donors (Lipinski definition) is 1. The van der Waals surface area contributed by atoms with Crippen molar-refractivity contribution in [1.29, 1.82) is 0 Å². The number of benzene rings is 2. The predicted octanol–water partition coefficient (Wildman–Crippen LogP) is 3.18. The second kappa shape index (κ2) is 8.17. The summed E-state index contributed by atoms with van der Waals surface area (Å²) in [7, 11) is 0. The normalized spacial score (nSPS) is 10.7. The van der Waals surface area contributed by atoms with Crippen molar-refractivity contribution >= 4 is 28.1 Å². The van der Waals surface area contributed by atoms with Crippen molar-refractivity contribution in [2.24, 2.45) is 0 Å². The molecule has 0 aliphatic heterocycles. The number of nitro groups is 1. The predicted molar refractivity (Wildman–Crippen MR) is 110 cm³/mol. The van der Waals surface area contributed by atoms with Crippen molar-refractivity contribution in [3.05, 3.63) is 86.7 Å². The highest BCUT2D eigenvalue weighted by Gasteiger charge is 2.14. The van der Waals surface area contributed by atoms with Gasteiger partial charge in [0.1, 0.15) is 6.33 Å². The average molecular weight is 421 g/mol. The Hall–Kier alpha value is -3.99. The van der Waals surface area contributed by atoms with Gasteiger partial charge in [-0.1, -0.05) is 12.1 Å². The molecule has 4 rings (SSSR count). The van der Waals surface area contributed by atoms with Crippen LogP contribution in [0, 0.1) is 17.0 Å². The van der Waals surface area contributed by atoms with E-state index in [-0.39, 0.29) is 11.6 Å². The lowest BCUT2D eigenvalue weighted by molar-refractivity contribution is -0.384. The Bertz CT molecular complexity index is 1200. The molecule has 11 heteroatoms. The van der Waals surface area contributed by atoms with Gasteiger partial charge in [0.15, 0.2) is 5.13 Å². The molecule has 10 nitrogen and oxygen atoms in total. The molecule has 0 unspecified atom stereocenters. The van der Waals surface area contributed by atoms with E-state index in [0.717, 1.165) is 21.8 Å². The lowest BCUT2D eigenvalue weighted by Crippen LogP contribution is -2.11. The summed E-state index contributed by atoms with van der Waals surface area (Å²) in [5, 5.41) is 25.2. The van der Waals surface area contributed by atoms with Crippen LogP contribution in [0.2, 0.25) is 0 Å². The number of thiazole rings is 1. The van der Waals surface area contributed by atoms with E-state index < -0.39 is 4.92 Å². The summed E-state index contributed by atoms with van der Waals surface area (Å²) in [5.74, 6) is -0.283. The van der Waals surface area contributed by atoms with Gasteiger partial charge in [0.25, 0.3) is 11.6 Å². The summed E-state index contributed by atoms with van der Waals surface area (Å²) in [6.45, 7) is 1.85. The van der Waals surface area contributed by atoms with E-state index in [1.54, 1.807) is 36.4 Å². The van der Waals surface area contributed by atoms with Crippen LogP contribution >= 0.6 is 11.3 Å². The van der Waals surface area contributed by atoms with Crippen LogP contribution in [-0.4, -0.2) is 36.0 Å². The average Bonchev–Trinajstić information content (AvgIpc) is 3.39. The summed E-state index contributed by atoms with van der Waals surface area (Å²) >= 11 is 1.35. The molecule has 1 N–H and O–H groups in total. The number of rotatable bonds is 6. The monoisotopic (exact) mass is 421 g/mol. The molecule has 1 amide bonds. The molecule has 4 aromatic rings. The number of carbonyl (C=O) groups is 1. The van der Waals surface area contributed by atoms with Crippen LogP contribution in [0.15, 0.2) is 54.9 Å². The van der Waals surface area contributed by atoms with Crippen LogP contribution in [0.25, 0.3) is 5.69 Å². The van der Waals surface area contributed by atoms with Gasteiger partial charge in [0, 0.05) is 29.0 Å². The van der Waals surface area contributed by atoms with E-state index >= 15 is 0 Å². The fourth-order valence-corrected chi connectivity index (χ4v) is 3.82. The Morgan fingerprint density at radius 3 is 2.73 bits per heavy atom. The molecule has 2 aromatic heterocycles. The van der Waals surface area contributed by atoms with Crippen LogP contribution < -0.4 is 5.32 Å². The highest BCUT2D eigenvalue weighted by molar-refractivity contribution is 7.15. The molecule has 0 aliphatic carbocycles. The number of anilines is 1. The van der Waals surface area contributed by atoms with Crippen molar-refractivity contribution in [3.63, 3.8) is 0 Å². The first-order valence-corrected chi connectivity index (χ1v) is 9.65. The van der Waals surface area contributed by atoms with Gasteiger partial charge >= 0.3 is 0 Å². The van der Waals surface area contributed by atoms with Gasteiger partial charge in [-0.25, -0.2) is 9.67 Å². The van der Waals surface area contributed by atoms with Crippen molar-refractivity contribution in [2.75, 3.05) is 5.32 Å². The second-order valence-corrected chi connectivity index (χ2v) is 7.47. The van der Waals surface area contributed by atoms with Crippen molar-refractivity contribution in [2.45, 2.75) is 13.3 Å². The van der Waals surface area contributed by atoms with E-state index in [0.29, 0.717) is 17.1 Å². The maximum absolute atomic E-state index is 12.5. The standard InChI is InChI=1S/C19H15N7O3S/c1-12-17(10-13-3-2-4-16(9-13)26(28)29)30-19(21-12)22-18(27)14-5-7-15(8-6-14)25-11-20-23-24-25/h2-9,11H,10H2,1H3,(H,21,22,27). The third kappa shape index (κ3) is 4.20. The minimum Gasteiger partial charge on any atom is -0.298 e. The summed E-state index contributed by atoms with van der Waals surface area (Å²) < 4.78 is 1.49. The molecule has 0 saturated carbocycles. The largest absolute Gasteiger partial charge is 0.298 e. The molecule has 0 spiro atoms. The van der Waals surface area contributed by atoms with Gasteiger partial charge in [-0.2, -0.15) is 0 Å². The van der Waals surface area contributed by atoms with E-state index in [4.69, 9.17) is 0 Å². The zero-order chi connectivity index (χ0) is 21.1. The van der Waals surface area contributed by atoms with Crippen molar-refractivity contribution in [3.8, 4) is 5.69 Å². The third-order valence-electron chi connectivity index (χ3n) is 4.34. The second-order valence-electron chi connectivity index (χ2n) is 6.39. The van der Waals surface area contributed by atoms with Gasteiger partial charge in [-0.3, -0.25) is 20.2 Å². The zero-order valence-electron chi connectivity index (χ0n) is 15.7.